The third-order valence-electron chi connectivity index (χ3n) is 2.30. The van der Waals surface area contributed by atoms with Gasteiger partial charge in [0.25, 0.3) is 5.91 Å². The average Bonchev–Trinajstić information content (AvgIpc) is 2.29. The average molecular weight is 428 g/mol. The van der Waals surface area contributed by atoms with E-state index in [1.54, 1.807) is 0 Å². The second kappa shape index (κ2) is 7.54. The fourth-order valence-corrected chi connectivity index (χ4v) is 3.03. The van der Waals surface area contributed by atoms with Gasteiger partial charge in [-0.15, -0.1) is 0 Å². The van der Waals surface area contributed by atoms with Gasteiger partial charge in [-0.3, -0.25) is 4.79 Å². The van der Waals surface area contributed by atoms with Crippen LogP contribution in [0.4, 0.5) is 0 Å². The van der Waals surface area contributed by atoms with Gasteiger partial charge >= 0.3 is 0 Å². The molecule has 0 aliphatic carbocycles. The molecule has 0 aliphatic rings. The lowest BCUT2D eigenvalue weighted by atomic mass is 10.2. The highest BCUT2D eigenvalue weighted by molar-refractivity contribution is 9.13. The summed E-state index contributed by atoms with van der Waals surface area (Å²) in [6.45, 7) is 2.87. The molecule has 0 atom stereocenters. The van der Waals surface area contributed by atoms with Gasteiger partial charge in [-0.05, 0) is 50.4 Å². The Kier molecular flexibility index (Phi) is 6.74. The zero-order valence-electron chi connectivity index (χ0n) is 9.53. The number of hydrogen-bond acceptors (Lipinski definition) is 1. The molecular weight excluding hydrogens is 414 g/mol. The second-order valence-corrected chi connectivity index (χ2v) is 6.28. The molecule has 0 saturated heterocycles. The minimum atomic E-state index is -0.0463. The van der Waals surface area contributed by atoms with E-state index in [0.717, 1.165) is 39.2 Å². The summed E-state index contributed by atoms with van der Waals surface area (Å²) < 4.78 is 2.53. The summed E-state index contributed by atoms with van der Waals surface area (Å²) in [7, 11) is 0. The van der Waals surface area contributed by atoms with Gasteiger partial charge in [-0.2, -0.15) is 0 Å². The third-order valence-corrected chi connectivity index (χ3v) is 4.77. The minimum Gasteiger partial charge on any atom is -0.352 e. The van der Waals surface area contributed by atoms with E-state index >= 15 is 0 Å². The number of amides is 1. The monoisotopic (exact) mass is 425 g/mol. The first-order valence-corrected chi connectivity index (χ1v) is 7.87. The normalized spacial score (nSPS) is 10.4. The molecule has 0 saturated carbocycles. The van der Waals surface area contributed by atoms with Gasteiger partial charge < -0.3 is 5.32 Å². The van der Waals surface area contributed by atoms with Crippen LogP contribution in [0.1, 0.15) is 36.5 Å². The van der Waals surface area contributed by atoms with E-state index in [9.17, 15) is 4.79 Å². The Hall–Kier alpha value is 0.130. The molecule has 0 fully saturated rings. The summed E-state index contributed by atoms with van der Waals surface area (Å²) in [5.41, 5.74) is 0.641. The van der Waals surface area contributed by atoms with Gasteiger partial charge in [0, 0.05) is 20.0 Å². The van der Waals surface area contributed by atoms with Crippen LogP contribution in [-0.2, 0) is 0 Å². The van der Waals surface area contributed by atoms with Crippen LogP contribution in [0.2, 0.25) is 0 Å². The minimum absolute atomic E-state index is 0.0463. The van der Waals surface area contributed by atoms with Crippen LogP contribution in [0.3, 0.4) is 0 Å². The lowest BCUT2D eigenvalue weighted by Crippen LogP contribution is -2.24. The van der Waals surface area contributed by atoms with Crippen LogP contribution in [0.15, 0.2) is 25.6 Å². The molecule has 5 heteroatoms. The Morgan fingerprint density at radius 1 is 1.24 bits per heavy atom. The Bertz CT molecular complexity index is 407. The first kappa shape index (κ1) is 15.2. The van der Waals surface area contributed by atoms with Gasteiger partial charge in [-0.25, -0.2) is 0 Å². The van der Waals surface area contributed by atoms with Gasteiger partial charge in [0.2, 0.25) is 0 Å². The number of rotatable bonds is 5. The molecule has 1 aromatic carbocycles. The maximum absolute atomic E-state index is 12.0. The van der Waals surface area contributed by atoms with Crippen LogP contribution >= 0.6 is 47.8 Å². The van der Waals surface area contributed by atoms with Crippen LogP contribution in [0.25, 0.3) is 0 Å². The molecule has 0 aliphatic heterocycles. The summed E-state index contributed by atoms with van der Waals surface area (Å²) in [6, 6.07) is 3.71. The van der Waals surface area contributed by atoms with Crippen molar-refractivity contribution in [1.82, 2.24) is 5.32 Å². The van der Waals surface area contributed by atoms with E-state index in [0.29, 0.717) is 5.56 Å². The zero-order valence-corrected chi connectivity index (χ0v) is 14.3. The standard InChI is InChI=1S/C12H14Br3NO/c1-2-3-4-5-16-12(17)9-6-8(13)7-10(14)11(9)15/h6-7H,2-5H2,1H3,(H,16,17). The predicted molar refractivity (Wildman–Crippen MR) is 81.4 cm³/mol. The highest BCUT2D eigenvalue weighted by Crippen LogP contribution is 2.30. The van der Waals surface area contributed by atoms with Crippen molar-refractivity contribution in [3.63, 3.8) is 0 Å². The molecule has 2 nitrogen and oxygen atoms in total. The van der Waals surface area contributed by atoms with Crippen LogP contribution in [0.5, 0.6) is 0 Å². The fourth-order valence-electron chi connectivity index (χ4n) is 1.39. The number of nitrogens with one attached hydrogen (secondary N) is 1. The van der Waals surface area contributed by atoms with Crippen molar-refractivity contribution in [3.05, 3.63) is 31.1 Å². The maximum Gasteiger partial charge on any atom is 0.252 e. The fraction of sp³-hybridized carbons (Fsp3) is 0.417. The number of carbonyl (C=O) groups is 1. The molecule has 0 bridgehead atoms. The van der Waals surface area contributed by atoms with Gasteiger partial charge in [0.15, 0.2) is 0 Å². The summed E-state index contributed by atoms with van der Waals surface area (Å²) in [6.07, 6.45) is 3.32. The molecule has 1 N–H and O–H groups in total. The molecule has 0 spiro atoms. The Balaban J connectivity index is 2.69. The van der Waals surface area contributed by atoms with Crippen molar-refractivity contribution < 1.29 is 4.79 Å². The third kappa shape index (κ3) is 4.72. The predicted octanol–water partition coefficient (Wildman–Crippen LogP) is 4.89. The molecule has 1 aromatic rings. The molecule has 1 amide bonds. The number of carbonyl (C=O) groups excluding carboxylic acids is 1. The zero-order chi connectivity index (χ0) is 12.8. The summed E-state index contributed by atoms with van der Waals surface area (Å²) in [5.74, 6) is -0.0463. The molecule has 0 unspecified atom stereocenters. The number of hydrogen-bond donors (Lipinski definition) is 1. The molecule has 0 radical (unpaired) electrons. The number of halogens is 3. The van der Waals surface area contributed by atoms with E-state index in [2.05, 4.69) is 60.0 Å². The molecular formula is C12H14Br3NO. The Morgan fingerprint density at radius 3 is 2.59 bits per heavy atom. The van der Waals surface area contributed by atoms with Crippen LogP contribution in [-0.4, -0.2) is 12.5 Å². The van der Waals surface area contributed by atoms with E-state index in [4.69, 9.17) is 0 Å². The molecule has 0 heterocycles. The molecule has 17 heavy (non-hydrogen) atoms. The lowest BCUT2D eigenvalue weighted by Gasteiger charge is -2.08. The Morgan fingerprint density at radius 2 is 1.94 bits per heavy atom. The molecule has 0 aromatic heterocycles. The van der Waals surface area contributed by atoms with E-state index in [1.165, 1.54) is 0 Å². The smallest absolute Gasteiger partial charge is 0.252 e. The number of benzene rings is 1. The first-order valence-electron chi connectivity index (χ1n) is 5.49. The highest BCUT2D eigenvalue weighted by Gasteiger charge is 2.12. The topological polar surface area (TPSA) is 29.1 Å². The lowest BCUT2D eigenvalue weighted by molar-refractivity contribution is 0.0952. The van der Waals surface area contributed by atoms with Crippen molar-refractivity contribution in [2.24, 2.45) is 0 Å². The van der Waals surface area contributed by atoms with Crippen molar-refractivity contribution in [1.29, 1.82) is 0 Å². The summed E-state index contributed by atoms with van der Waals surface area (Å²) in [5, 5.41) is 2.92. The van der Waals surface area contributed by atoms with Crippen molar-refractivity contribution in [2.45, 2.75) is 26.2 Å². The van der Waals surface area contributed by atoms with E-state index in [1.807, 2.05) is 12.1 Å². The second-order valence-electron chi connectivity index (χ2n) is 3.71. The first-order chi connectivity index (χ1) is 8.06. The summed E-state index contributed by atoms with van der Waals surface area (Å²) >= 11 is 10.2. The van der Waals surface area contributed by atoms with Gasteiger partial charge in [-0.1, -0.05) is 35.7 Å². The van der Waals surface area contributed by atoms with Gasteiger partial charge in [0.1, 0.15) is 0 Å². The molecule has 94 valence electrons. The summed E-state index contributed by atoms with van der Waals surface area (Å²) in [4.78, 5) is 12.0. The van der Waals surface area contributed by atoms with Crippen LogP contribution < -0.4 is 5.32 Å². The van der Waals surface area contributed by atoms with Crippen molar-refractivity contribution in [2.75, 3.05) is 6.54 Å². The van der Waals surface area contributed by atoms with Crippen molar-refractivity contribution >= 4 is 53.7 Å². The van der Waals surface area contributed by atoms with Gasteiger partial charge in [0.05, 0.1) is 5.56 Å². The van der Waals surface area contributed by atoms with E-state index in [-0.39, 0.29) is 5.91 Å². The number of unbranched alkanes of at least 4 members (excludes halogenated alkanes) is 2. The van der Waals surface area contributed by atoms with Crippen LogP contribution in [0, 0.1) is 0 Å². The molecule has 1 rings (SSSR count). The SMILES string of the molecule is CCCCCNC(=O)c1cc(Br)cc(Br)c1Br. The van der Waals surface area contributed by atoms with E-state index < -0.39 is 0 Å². The largest absolute Gasteiger partial charge is 0.352 e. The highest BCUT2D eigenvalue weighted by atomic mass is 79.9. The Labute approximate surface area is 127 Å². The maximum atomic E-state index is 12.0. The quantitative estimate of drug-likeness (QED) is 0.526. The van der Waals surface area contributed by atoms with Crippen molar-refractivity contribution in [3.8, 4) is 0 Å².